The molecule has 0 saturated carbocycles. The first-order chi connectivity index (χ1) is 24.1. The molecule has 0 spiro atoms. The van der Waals surface area contributed by atoms with E-state index in [1.807, 2.05) is 26.0 Å². The van der Waals surface area contributed by atoms with Gasteiger partial charge in [-0.3, -0.25) is 0 Å². The molecular weight excluding hydrogens is 601 g/mol. The number of aryl methyl sites for hydroxylation is 2. The molecule has 6 aromatic carbocycles. The van der Waals surface area contributed by atoms with Crippen LogP contribution >= 0.6 is 0 Å². The number of hydrogen-bond donors (Lipinski definition) is 1. The molecule has 0 unspecified atom stereocenters. The molecule has 0 aromatic heterocycles. The lowest BCUT2D eigenvalue weighted by atomic mass is 9.68. The molecule has 3 heteroatoms. The second kappa shape index (κ2) is 16.8. The Kier molecular flexibility index (Phi) is 12.1. The van der Waals surface area contributed by atoms with Crippen molar-refractivity contribution in [3.63, 3.8) is 0 Å². The van der Waals surface area contributed by atoms with E-state index in [4.69, 9.17) is 9.47 Å². The van der Waals surface area contributed by atoms with Crippen molar-refractivity contribution < 1.29 is 14.6 Å². The zero-order valence-corrected chi connectivity index (χ0v) is 29.4. The van der Waals surface area contributed by atoms with Crippen LogP contribution in [-0.4, -0.2) is 12.2 Å². The van der Waals surface area contributed by atoms with Crippen molar-refractivity contribution in [2.24, 2.45) is 0 Å². The van der Waals surface area contributed by atoms with Crippen LogP contribution < -0.4 is 4.74 Å². The summed E-state index contributed by atoms with van der Waals surface area (Å²) < 4.78 is 11.3. The van der Waals surface area contributed by atoms with Crippen molar-refractivity contribution in [1.82, 2.24) is 0 Å². The summed E-state index contributed by atoms with van der Waals surface area (Å²) in [5.41, 5.74) is 11.9. The summed E-state index contributed by atoms with van der Waals surface area (Å²) in [5, 5.41) is 10.1. The highest BCUT2D eigenvalue weighted by atomic mass is 16.5. The largest absolute Gasteiger partial charge is 0.508 e. The lowest BCUT2D eigenvalue weighted by molar-refractivity contribution is 0.185. The van der Waals surface area contributed by atoms with Crippen LogP contribution in [0.2, 0.25) is 0 Å². The quantitative estimate of drug-likeness (QED) is 0.169. The summed E-state index contributed by atoms with van der Waals surface area (Å²) in [6, 6.07) is 50.4. The third kappa shape index (κ3) is 7.63. The third-order valence-electron chi connectivity index (χ3n) is 9.12. The highest BCUT2D eigenvalue weighted by Crippen LogP contribution is 2.56. The molecule has 49 heavy (non-hydrogen) atoms. The number of fused-ring (bicyclic) bond motifs is 3. The Morgan fingerprint density at radius 2 is 0.898 bits per heavy atom. The van der Waals surface area contributed by atoms with Crippen LogP contribution in [0.5, 0.6) is 11.5 Å². The topological polar surface area (TPSA) is 38.7 Å². The first-order valence-electron chi connectivity index (χ1n) is 17.4. The maximum atomic E-state index is 10.1. The number of benzene rings is 6. The predicted octanol–water partition coefficient (Wildman–Crippen LogP) is 11.3. The summed E-state index contributed by atoms with van der Waals surface area (Å²) in [6.07, 6.45) is 2.29. The SMILES string of the molecule is CC.CCc1ccc(CC)cc1.COCc1ccc(COc2ccc(C3(c4ccc(O)cc4)c4ccccc4-c4ccccc43)cc2)cc1. The van der Waals surface area contributed by atoms with Gasteiger partial charge in [-0.15, -0.1) is 0 Å². The van der Waals surface area contributed by atoms with Crippen LogP contribution in [0, 0.1) is 0 Å². The van der Waals surface area contributed by atoms with Crippen LogP contribution in [0.25, 0.3) is 11.1 Å². The van der Waals surface area contributed by atoms with Gasteiger partial charge in [0.2, 0.25) is 0 Å². The zero-order valence-electron chi connectivity index (χ0n) is 29.4. The maximum absolute atomic E-state index is 10.1. The van der Waals surface area contributed by atoms with E-state index in [0.29, 0.717) is 13.2 Å². The summed E-state index contributed by atoms with van der Waals surface area (Å²) in [7, 11) is 1.70. The van der Waals surface area contributed by atoms with Gasteiger partial charge in [-0.1, -0.05) is 149 Å². The summed E-state index contributed by atoms with van der Waals surface area (Å²) in [4.78, 5) is 0. The molecule has 0 bridgehead atoms. The lowest BCUT2D eigenvalue weighted by Gasteiger charge is -2.34. The van der Waals surface area contributed by atoms with E-state index in [1.165, 1.54) is 33.4 Å². The van der Waals surface area contributed by atoms with Crippen LogP contribution in [0.15, 0.2) is 146 Å². The van der Waals surface area contributed by atoms with Crippen molar-refractivity contribution in [3.8, 4) is 22.6 Å². The minimum absolute atomic E-state index is 0.262. The van der Waals surface area contributed by atoms with E-state index >= 15 is 0 Å². The third-order valence-corrected chi connectivity index (χ3v) is 9.12. The van der Waals surface area contributed by atoms with E-state index < -0.39 is 5.41 Å². The molecule has 3 nitrogen and oxygen atoms in total. The van der Waals surface area contributed by atoms with Crippen molar-refractivity contribution >= 4 is 0 Å². The normalized spacial score (nSPS) is 12.0. The Hall–Kier alpha value is -5.12. The number of phenolic OH excluding ortho intramolecular Hbond substituents is 1. The Labute approximate surface area is 292 Å². The molecule has 0 saturated heterocycles. The molecule has 1 N–H and O–H groups in total. The van der Waals surface area contributed by atoms with Gasteiger partial charge in [-0.25, -0.2) is 0 Å². The monoisotopic (exact) mass is 648 g/mol. The maximum Gasteiger partial charge on any atom is 0.119 e. The Bertz CT molecular complexity index is 1820. The highest BCUT2D eigenvalue weighted by Gasteiger charge is 2.45. The molecule has 1 aliphatic rings. The minimum atomic E-state index is -0.489. The molecule has 0 aliphatic heterocycles. The molecule has 7 rings (SSSR count). The number of methoxy groups -OCH3 is 1. The van der Waals surface area contributed by atoms with Crippen molar-refractivity contribution in [2.45, 2.75) is 59.2 Å². The molecular formula is C46H48O3. The van der Waals surface area contributed by atoms with Crippen molar-refractivity contribution in [3.05, 3.63) is 190 Å². The summed E-state index contributed by atoms with van der Waals surface area (Å²) in [5.74, 6) is 1.09. The fraction of sp³-hybridized carbons (Fsp3) is 0.217. The lowest BCUT2D eigenvalue weighted by Crippen LogP contribution is -2.28. The smallest absolute Gasteiger partial charge is 0.119 e. The van der Waals surface area contributed by atoms with Crippen LogP contribution in [-0.2, 0) is 36.2 Å². The second-order valence-electron chi connectivity index (χ2n) is 12.0. The van der Waals surface area contributed by atoms with Gasteiger partial charge < -0.3 is 14.6 Å². The Balaban J connectivity index is 0.000000334. The van der Waals surface area contributed by atoms with E-state index in [9.17, 15) is 5.11 Å². The number of aromatic hydroxyl groups is 1. The van der Waals surface area contributed by atoms with Gasteiger partial charge in [-0.2, -0.15) is 0 Å². The van der Waals surface area contributed by atoms with Gasteiger partial charge in [0.25, 0.3) is 0 Å². The van der Waals surface area contributed by atoms with Crippen molar-refractivity contribution in [1.29, 1.82) is 0 Å². The first kappa shape index (κ1) is 35.2. The fourth-order valence-corrected chi connectivity index (χ4v) is 6.61. The van der Waals surface area contributed by atoms with Gasteiger partial charge in [0.15, 0.2) is 0 Å². The first-order valence-corrected chi connectivity index (χ1v) is 17.4. The molecule has 6 aromatic rings. The molecule has 0 heterocycles. The van der Waals surface area contributed by atoms with Gasteiger partial charge in [0.05, 0.1) is 12.0 Å². The minimum Gasteiger partial charge on any atom is -0.508 e. The second-order valence-corrected chi connectivity index (χ2v) is 12.0. The number of ether oxygens (including phenoxy) is 2. The Morgan fingerprint density at radius 1 is 0.490 bits per heavy atom. The van der Waals surface area contributed by atoms with E-state index in [1.54, 1.807) is 19.2 Å². The molecule has 250 valence electrons. The van der Waals surface area contributed by atoms with Crippen LogP contribution in [0.4, 0.5) is 0 Å². The van der Waals surface area contributed by atoms with Gasteiger partial charge in [-0.05, 0) is 92.7 Å². The van der Waals surface area contributed by atoms with Crippen LogP contribution in [0.1, 0.15) is 72.2 Å². The van der Waals surface area contributed by atoms with Crippen molar-refractivity contribution in [2.75, 3.05) is 7.11 Å². The number of hydrogen-bond acceptors (Lipinski definition) is 3. The summed E-state index contributed by atoms with van der Waals surface area (Å²) >= 11 is 0. The standard InChI is InChI=1S/C34H28O3.C10H14.C2H6/c1-36-22-24-10-12-25(13-11-24)23-37-29-20-16-27(17-21-29)34(26-14-18-28(35)19-15-26)32-8-4-2-6-30(32)31-7-3-5-9-33(31)34;1-3-9-5-7-10(4-2)8-6-9;1-2/h2-21,35H,22-23H2,1H3;5-8H,3-4H2,1-2H3;1-2H3. The molecule has 0 fully saturated rings. The molecule has 0 radical (unpaired) electrons. The van der Waals surface area contributed by atoms with Gasteiger partial charge in [0, 0.05) is 7.11 Å². The summed E-state index contributed by atoms with van der Waals surface area (Å²) in [6.45, 7) is 9.47. The average molecular weight is 649 g/mol. The average Bonchev–Trinajstić information content (AvgIpc) is 3.47. The van der Waals surface area contributed by atoms with E-state index in [-0.39, 0.29) is 5.75 Å². The molecule has 1 aliphatic carbocycles. The molecule has 0 atom stereocenters. The number of rotatable bonds is 9. The molecule has 0 amide bonds. The fourth-order valence-electron chi connectivity index (χ4n) is 6.61. The van der Waals surface area contributed by atoms with Gasteiger partial charge >= 0.3 is 0 Å². The van der Waals surface area contributed by atoms with E-state index in [0.717, 1.165) is 40.8 Å². The highest BCUT2D eigenvalue weighted by molar-refractivity contribution is 5.86. The number of phenols is 1. The Morgan fingerprint density at radius 3 is 1.35 bits per heavy atom. The zero-order chi connectivity index (χ0) is 34.6. The van der Waals surface area contributed by atoms with Gasteiger partial charge in [0.1, 0.15) is 18.1 Å². The predicted molar refractivity (Wildman–Crippen MR) is 203 cm³/mol. The van der Waals surface area contributed by atoms with Crippen LogP contribution in [0.3, 0.4) is 0 Å². The van der Waals surface area contributed by atoms with E-state index in [2.05, 4.69) is 135 Å².